The van der Waals surface area contributed by atoms with Crippen LogP contribution in [-0.4, -0.2) is 22.8 Å². The van der Waals surface area contributed by atoms with E-state index in [0.717, 1.165) is 5.56 Å². The Morgan fingerprint density at radius 3 is 2.42 bits per heavy atom. The van der Waals surface area contributed by atoms with E-state index in [1.807, 2.05) is 0 Å². The zero-order valence-electron chi connectivity index (χ0n) is 15.2. The summed E-state index contributed by atoms with van der Waals surface area (Å²) in [6.07, 6.45) is -0.585. The summed E-state index contributed by atoms with van der Waals surface area (Å²) >= 11 is 0. The maximum Gasteiger partial charge on any atom is 0.407 e. The molecule has 6 heteroatoms. The van der Waals surface area contributed by atoms with Crippen LogP contribution >= 0.6 is 0 Å². The van der Waals surface area contributed by atoms with Crippen molar-refractivity contribution in [3.8, 4) is 11.1 Å². The first kappa shape index (κ1) is 19.4. The molecule has 0 atom stereocenters. The number of hydrogen-bond donors (Lipinski definition) is 2. The van der Waals surface area contributed by atoms with Crippen molar-refractivity contribution in [3.63, 3.8) is 0 Å². The largest absolute Gasteiger partial charge is 0.478 e. The van der Waals surface area contributed by atoms with E-state index in [-0.39, 0.29) is 17.9 Å². The minimum Gasteiger partial charge on any atom is -0.478 e. The number of amides is 1. The first-order valence-electron chi connectivity index (χ1n) is 8.16. The summed E-state index contributed by atoms with van der Waals surface area (Å²) in [5.41, 5.74) is 2.14. The van der Waals surface area contributed by atoms with Gasteiger partial charge in [0.15, 0.2) is 0 Å². The fourth-order valence-corrected chi connectivity index (χ4v) is 2.51. The van der Waals surface area contributed by atoms with Crippen molar-refractivity contribution >= 4 is 12.1 Å². The standard InChI is InChI=1S/C20H22FNO4/c1-12-7-16(21)5-6-17(12)14-8-13(9-15(10-14)18(23)24)11-22-19(25)26-20(2,3)4/h5-10H,11H2,1-4H3,(H,22,25)(H,23,24). The highest BCUT2D eigenvalue weighted by Gasteiger charge is 2.16. The van der Waals surface area contributed by atoms with Gasteiger partial charge in [-0.25, -0.2) is 14.0 Å². The van der Waals surface area contributed by atoms with Gasteiger partial charge in [-0.1, -0.05) is 6.07 Å². The van der Waals surface area contributed by atoms with Gasteiger partial charge in [0.1, 0.15) is 11.4 Å². The number of ether oxygens (including phenoxy) is 1. The van der Waals surface area contributed by atoms with Crippen LogP contribution in [0.2, 0.25) is 0 Å². The molecule has 0 heterocycles. The third-order valence-corrected chi connectivity index (χ3v) is 3.57. The lowest BCUT2D eigenvalue weighted by Gasteiger charge is -2.20. The molecule has 2 rings (SSSR count). The van der Waals surface area contributed by atoms with Crippen molar-refractivity contribution in [2.24, 2.45) is 0 Å². The number of carbonyl (C=O) groups is 2. The van der Waals surface area contributed by atoms with Crippen LogP contribution in [-0.2, 0) is 11.3 Å². The smallest absolute Gasteiger partial charge is 0.407 e. The molecule has 0 aliphatic carbocycles. The van der Waals surface area contributed by atoms with E-state index in [2.05, 4.69) is 5.32 Å². The van der Waals surface area contributed by atoms with Crippen LogP contribution < -0.4 is 5.32 Å². The molecule has 0 spiro atoms. The lowest BCUT2D eigenvalue weighted by Crippen LogP contribution is -2.32. The Morgan fingerprint density at radius 1 is 1.15 bits per heavy atom. The number of halogens is 1. The highest BCUT2D eigenvalue weighted by atomic mass is 19.1. The van der Waals surface area contributed by atoms with Crippen LogP contribution in [0.3, 0.4) is 0 Å². The molecule has 0 fully saturated rings. The summed E-state index contributed by atoms with van der Waals surface area (Å²) in [6.45, 7) is 7.14. The van der Waals surface area contributed by atoms with Gasteiger partial charge in [-0.2, -0.15) is 0 Å². The van der Waals surface area contributed by atoms with Crippen LogP contribution in [0.25, 0.3) is 11.1 Å². The summed E-state index contributed by atoms with van der Waals surface area (Å²) < 4.78 is 18.5. The zero-order chi connectivity index (χ0) is 19.5. The zero-order valence-corrected chi connectivity index (χ0v) is 15.2. The fourth-order valence-electron chi connectivity index (χ4n) is 2.51. The summed E-state index contributed by atoms with van der Waals surface area (Å²) in [4.78, 5) is 23.2. The Bertz CT molecular complexity index is 840. The van der Waals surface area contributed by atoms with E-state index >= 15 is 0 Å². The van der Waals surface area contributed by atoms with E-state index in [0.29, 0.717) is 16.7 Å². The van der Waals surface area contributed by atoms with E-state index in [1.165, 1.54) is 24.3 Å². The van der Waals surface area contributed by atoms with E-state index in [4.69, 9.17) is 4.74 Å². The minimum atomic E-state index is -1.08. The molecule has 138 valence electrons. The molecule has 2 aromatic rings. The van der Waals surface area contributed by atoms with Crippen LogP contribution in [0, 0.1) is 12.7 Å². The topological polar surface area (TPSA) is 75.6 Å². The van der Waals surface area contributed by atoms with Crippen molar-refractivity contribution in [2.45, 2.75) is 39.8 Å². The molecule has 0 aliphatic heterocycles. The molecule has 2 aromatic carbocycles. The predicted molar refractivity (Wildman–Crippen MR) is 96.6 cm³/mol. The summed E-state index contributed by atoms with van der Waals surface area (Å²) in [7, 11) is 0. The minimum absolute atomic E-state index is 0.0900. The Morgan fingerprint density at radius 2 is 1.85 bits per heavy atom. The number of aromatic carboxylic acids is 1. The van der Waals surface area contributed by atoms with Crippen molar-refractivity contribution in [1.29, 1.82) is 0 Å². The van der Waals surface area contributed by atoms with Gasteiger partial charge < -0.3 is 15.2 Å². The number of hydrogen-bond acceptors (Lipinski definition) is 3. The van der Waals surface area contributed by atoms with E-state index < -0.39 is 17.7 Å². The predicted octanol–water partition coefficient (Wildman–Crippen LogP) is 4.52. The molecule has 0 saturated heterocycles. The Hall–Kier alpha value is -2.89. The van der Waals surface area contributed by atoms with Crippen LogP contribution in [0.1, 0.15) is 42.3 Å². The molecular weight excluding hydrogens is 337 g/mol. The van der Waals surface area contributed by atoms with Gasteiger partial charge >= 0.3 is 12.1 Å². The maximum absolute atomic E-state index is 13.3. The molecule has 0 aliphatic rings. The first-order valence-corrected chi connectivity index (χ1v) is 8.16. The normalized spacial score (nSPS) is 11.1. The Kier molecular flexibility index (Phi) is 5.65. The first-order chi connectivity index (χ1) is 12.0. The summed E-state index contributed by atoms with van der Waals surface area (Å²) in [6, 6.07) is 9.11. The summed E-state index contributed by atoms with van der Waals surface area (Å²) in [5, 5.41) is 12.0. The van der Waals surface area contributed by atoms with Gasteiger partial charge in [-0.15, -0.1) is 0 Å². The average molecular weight is 359 g/mol. The second-order valence-corrected chi connectivity index (χ2v) is 7.04. The second kappa shape index (κ2) is 7.56. The van der Waals surface area contributed by atoms with Crippen molar-refractivity contribution < 1.29 is 23.8 Å². The summed E-state index contributed by atoms with van der Waals surface area (Å²) in [5.74, 6) is -1.43. The average Bonchev–Trinajstić information content (AvgIpc) is 2.51. The molecular formula is C20H22FNO4. The SMILES string of the molecule is Cc1cc(F)ccc1-c1cc(CNC(=O)OC(C)(C)C)cc(C(=O)O)c1. The number of aryl methyl sites for hydroxylation is 1. The van der Waals surface area contributed by atoms with Crippen molar-refractivity contribution in [3.05, 3.63) is 58.9 Å². The van der Waals surface area contributed by atoms with E-state index in [1.54, 1.807) is 39.8 Å². The molecule has 26 heavy (non-hydrogen) atoms. The Balaban J connectivity index is 2.31. The highest BCUT2D eigenvalue weighted by Crippen LogP contribution is 2.26. The van der Waals surface area contributed by atoms with Gasteiger partial charge in [0.25, 0.3) is 0 Å². The monoisotopic (exact) mass is 359 g/mol. The van der Waals surface area contributed by atoms with Crippen LogP contribution in [0.15, 0.2) is 36.4 Å². The van der Waals surface area contributed by atoms with Crippen molar-refractivity contribution in [1.82, 2.24) is 5.32 Å². The van der Waals surface area contributed by atoms with Crippen molar-refractivity contribution in [2.75, 3.05) is 0 Å². The number of alkyl carbamates (subject to hydrolysis) is 1. The second-order valence-electron chi connectivity index (χ2n) is 7.04. The molecule has 0 radical (unpaired) electrons. The lowest BCUT2D eigenvalue weighted by molar-refractivity contribution is 0.0523. The third kappa shape index (κ3) is 5.31. The van der Waals surface area contributed by atoms with Gasteiger partial charge in [0.05, 0.1) is 5.56 Å². The molecule has 5 nitrogen and oxygen atoms in total. The van der Waals surface area contributed by atoms with E-state index in [9.17, 15) is 19.1 Å². The Labute approximate surface area is 151 Å². The quantitative estimate of drug-likeness (QED) is 0.841. The molecule has 0 bridgehead atoms. The highest BCUT2D eigenvalue weighted by molar-refractivity contribution is 5.90. The number of carboxylic acids is 1. The molecule has 1 amide bonds. The van der Waals surface area contributed by atoms with Gasteiger partial charge in [0, 0.05) is 6.54 Å². The number of benzene rings is 2. The van der Waals surface area contributed by atoms with Gasteiger partial charge in [-0.3, -0.25) is 0 Å². The fraction of sp³-hybridized carbons (Fsp3) is 0.300. The van der Waals surface area contributed by atoms with Gasteiger partial charge in [-0.05, 0) is 80.3 Å². The molecule has 0 unspecified atom stereocenters. The lowest BCUT2D eigenvalue weighted by atomic mass is 9.96. The molecule has 2 N–H and O–H groups in total. The molecule has 0 saturated carbocycles. The number of carbonyl (C=O) groups excluding carboxylic acids is 1. The molecule has 0 aromatic heterocycles. The third-order valence-electron chi connectivity index (χ3n) is 3.57. The van der Waals surface area contributed by atoms with Crippen LogP contribution in [0.4, 0.5) is 9.18 Å². The van der Waals surface area contributed by atoms with Crippen LogP contribution in [0.5, 0.6) is 0 Å². The maximum atomic E-state index is 13.3. The number of nitrogens with one attached hydrogen (secondary N) is 1. The number of carboxylic acid groups (broad SMARTS) is 1. The van der Waals surface area contributed by atoms with Gasteiger partial charge in [0.2, 0.25) is 0 Å². The number of rotatable bonds is 4.